The number of benzene rings is 2. The molecule has 0 aliphatic carbocycles. The van der Waals surface area contributed by atoms with E-state index in [1.54, 1.807) is 6.07 Å². The minimum absolute atomic E-state index is 0.309. The van der Waals surface area contributed by atoms with Crippen molar-refractivity contribution in [1.29, 1.82) is 0 Å². The number of thiocarbonyl (C=S) groups is 1. The van der Waals surface area contributed by atoms with Gasteiger partial charge in [-0.3, -0.25) is 4.90 Å². The lowest BCUT2D eigenvalue weighted by atomic mass is 10.2. The minimum atomic E-state index is -0.309. The maximum absolute atomic E-state index is 13.1. The smallest absolute Gasteiger partial charge is 0.173 e. The molecule has 0 radical (unpaired) electrons. The number of hydrogen-bond donors (Lipinski definition) is 1. The van der Waals surface area contributed by atoms with Crippen LogP contribution in [0, 0.1) is 5.82 Å². The topological polar surface area (TPSA) is 18.5 Å². The maximum Gasteiger partial charge on any atom is 0.173 e. The summed E-state index contributed by atoms with van der Waals surface area (Å²) in [7, 11) is 0. The van der Waals surface area contributed by atoms with Crippen LogP contribution in [0.2, 0.25) is 10.0 Å². The highest BCUT2D eigenvalue weighted by atomic mass is 35.5. The summed E-state index contributed by atoms with van der Waals surface area (Å²) in [6, 6.07) is 12.0. The predicted octanol–water partition coefficient (Wildman–Crippen LogP) is 4.65. The van der Waals surface area contributed by atoms with Crippen molar-refractivity contribution in [3.05, 3.63) is 63.9 Å². The monoisotopic (exact) mass is 397 g/mol. The number of nitrogens with one attached hydrogen (secondary N) is 1. The van der Waals surface area contributed by atoms with Gasteiger partial charge in [0.2, 0.25) is 0 Å². The molecule has 1 fully saturated rings. The van der Waals surface area contributed by atoms with Crippen LogP contribution in [0.4, 0.5) is 10.1 Å². The van der Waals surface area contributed by atoms with Crippen LogP contribution in [-0.4, -0.2) is 41.1 Å². The van der Waals surface area contributed by atoms with E-state index in [2.05, 4.69) is 15.1 Å². The van der Waals surface area contributed by atoms with Crippen LogP contribution in [0.5, 0.6) is 0 Å². The number of hydrogen-bond acceptors (Lipinski definition) is 2. The highest BCUT2D eigenvalue weighted by Crippen LogP contribution is 2.20. The first kappa shape index (κ1) is 18.4. The molecule has 1 N–H and O–H groups in total. The maximum atomic E-state index is 13.1. The molecule has 2 aromatic carbocycles. The van der Waals surface area contributed by atoms with Gasteiger partial charge in [-0.05, 0) is 48.1 Å². The molecule has 0 saturated carbocycles. The second kappa shape index (κ2) is 8.32. The molecule has 0 bridgehead atoms. The van der Waals surface area contributed by atoms with Gasteiger partial charge < -0.3 is 10.2 Å². The van der Waals surface area contributed by atoms with E-state index in [1.807, 2.05) is 24.3 Å². The molecule has 1 heterocycles. The van der Waals surface area contributed by atoms with Crippen LogP contribution in [0.3, 0.4) is 0 Å². The molecule has 0 atom stereocenters. The number of nitrogens with zero attached hydrogens (tertiary/aromatic N) is 2. The molecule has 0 aromatic heterocycles. The highest BCUT2D eigenvalue weighted by Gasteiger charge is 2.19. The van der Waals surface area contributed by atoms with E-state index < -0.39 is 0 Å². The molecule has 1 saturated heterocycles. The van der Waals surface area contributed by atoms with Gasteiger partial charge in [0.25, 0.3) is 0 Å². The van der Waals surface area contributed by atoms with E-state index in [0.717, 1.165) is 37.4 Å². The Labute approximate surface area is 162 Å². The molecule has 0 amide bonds. The number of piperazine rings is 1. The molecule has 3 nitrogen and oxygen atoms in total. The zero-order valence-corrected chi connectivity index (χ0v) is 15.8. The van der Waals surface area contributed by atoms with Crippen LogP contribution < -0.4 is 5.32 Å². The van der Waals surface area contributed by atoms with Crippen LogP contribution >= 0.6 is 35.4 Å². The molecular weight excluding hydrogens is 380 g/mol. The van der Waals surface area contributed by atoms with Gasteiger partial charge in [-0.1, -0.05) is 35.3 Å². The zero-order chi connectivity index (χ0) is 17.8. The van der Waals surface area contributed by atoms with E-state index >= 15 is 0 Å². The Hall–Kier alpha value is -1.40. The summed E-state index contributed by atoms with van der Waals surface area (Å²) >= 11 is 17.6. The van der Waals surface area contributed by atoms with Gasteiger partial charge in [0.1, 0.15) is 5.82 Å². The normalized spacial score (nSPS) is 15.2. The lowest BCUT2D eigenvalue weighted by Crippen LogP contribution is -2.49. The summed E-state index contributed by atoms with van der Waals surface area (Å²) in [4.78, 5) is 4.43. The van der Waals surface area contributed by atoms with Crippen LogP contribution in [0.25, 0.3) is 0 Å². The number of halogens is 3. The van der Waals surface area contributed by atoms with E-state index in [9.17, 15) is 4.39 Å². The third-order valence-electron chi connectivity index (χ3n) is 4.14. The van der Waals surface area contributed by atoms with Gasteiger partial charge in [0, 0.05) is 48.5 Å². The summed E-state index contributed by atoms with van der Waals surface area (Å²) in [6.07, 6.45) is 0. The van der Waals surface area contributed by atoms with E-state index in [4.69, 9.17) is 35.4 Å². The SMILES string of the molecule is Fc1ccc(CN2CCN(C(=S)Nc3cccc(Cl)c3)CC2)c(Cl)c1. The molecule has 25 heavy (non-hydrogen) atoms. The Balaban J connectivity index is 1.52. The minimum Gasteiger partial charge on any atom is -0.346 e. The fourth-order valence-corrected chi connectivity index (χ4v) is 3.49. The lowest BCUT2D eigenvalue weighted by Gasteiger charge is -2.36. The van der Waals surface area contributed by atoms with Crippen molar-refractivity contribution < 1.29 is 4.39 Å². The lowest BCUT2D eigenvalue weighted by molar-refractivity contribution is 0.177. The van der Waals surface area contributed by atoms with Gasteiger partial charge in [-0.25, -0.2) is 4.39 Å². The van der Waals surface area contributed by atoms with Crippen LogP contribution in [0.1, 0.15) is 5.56 Å². The van der Waals surface area contributed by atoms with Crippen molar-refractivity contribution in [2.75, 3.05) is 31.5 Å². The first-order valence-corrected chi connectivity index (χ1v) is 9.15. The third-order valence-corrected chi connectivity index (χ3v) is 5.09. The molecule has 132 valence electrons. The van der Waals surface area contributed by atoms with Crippen molar-refractivity contribution in [2.45, 2.75) is 6.54 Å². The average molecular weight is 398 g/mol. The number of anilines is 1. The molecule has 1 aliphatic heterocycles. The van der Waals surface area contributed by atoms with Gasteiger partial charge in [-0.2, -0.15) is 0 Å². The Kier molecular flexibility index (Phi) is 6.12. The average Bonchev–Trinajstić information content (AvgIpc) is 2.58. The van der Waals surface area contributed by atoms with Crippen molar-refractivity contribution in [2.24, 2.45) is 0 Å². The van der Waals surface area contributed by atoms with Crippen molar-refractivity contribution in [3.63, 3.8) is 0 Å². The largest absolute Gasteiger partial charge is 0.346 e. The summed E-state index contributed by atoms with van der Waals surface area (Å²) in [5.74, 6) is -0.309. The van der Waals surface area contributed by atoms with Crippen molar-refractivity contribution >= 4 is 46.2 Å². The molecule has 1 aliphatic rings. The first-order chi connectivity index (χ1) is 12.0. The summed E-state index contributed by atoms with van der Waals surface area (Å²) in [6.45, 7) is 4.09. The fourth-order valence-electron chi connectivity index (χ4n) is 2.77. The number of rotatable bonds is 3. The second-order valence-electron chi connectivity index (χ2n) is 5.94. The van der Waals surface area contributed by atoms with Crippen molar-refractivity contribution in [3.8, 4) is 0 Å². The Bertz CT molecular complexity index is 764. The quantitative estimate of drug-likeness (QED) is 0.759. The standard InChI is InChI=1S/C18H18Cl2FN3S/c19-14-2-1-3-16(10-14)22-18(25)24-8-6-23(7-9-24)12-13-4-5-15(21)11-17(13)20/h1-5,10-11H,6-9,12H2,(H,22,25). The molecule has 7 heteroatoms. The zero-order valence-electron chi connectivity index (χ0n) is 13.5. The second-order valence-corrected chi connectivity index (χ2v) is 7.17. The Morgan fingerprint density at radius 2 is 1.84 bits per heavy atom. The molecule has 0 unspecified atom stereocenters. The van der Waals surface area contributed by atoms with Gasteiger partial charge in [0.05, 0.1) is 0 Å². The van der Waals surface area contributed by atoms with E-state index in [-0.39, 0.29) is 5.82 Å². The summed E-state index contributed by atoms with van der Waals surface area (Å²) < 4.78 is 13.1. The van der Waals surface area contributed by atoms with Gasteiger partial charge in [0.15, 0.2) is 5.11 Å². The fraction of sp³-hybridized carbons (Fsp3) is 0.278. The molecule has 2 aromatic rings. The molecular formula is C18H18Cl2FN3S. The van der Waals surface area contributed by atoms with Crippen LogP contribution in [0.15, 0.2) is 42.5 Å². The third kappa shape index (κ3) is 5.05. The summed E-state index contributed by atoms with van der Waals surface area (Å²) in [5, 5.41) is 5.07. The van der Waals surface area contributed by atoms with E-state index in [1.165, 1.54) is 12.1 Å². The van der Waals surface area contributed by atoms with Gasteiger partial charge in [-0.15, -0.1) is 0 Å². The van der Waals surface area contributed by atoms with E-state index in [0.29, 0.717) is 21.7 Å². The predicted molar refractivity (Wildman–Crippen MR) is 106 cm³/mol. The molecule has 0 spiro atoms. The Morgan fingerprint density at radius 1 is 1.08 bits per heavy atom. The summed E-state index contributed by atoms with van der Waals surface area (Å²) in [5.41, 5.74) is 1.83. The Morgan fingerprint density at radius 3 is 2.52 bits per heavy atom. The highest BCUT2D eigenvalue weighted by molar-refractivity contribution is 7.80. The molecule has 3 rings (SSSR count). The van der Waals surface area contributed by atoms with Crippen LogP contribution in [-0.2, 0) is 6.54 Å². The van der Waals surface area contributed by atoms with Gasteiger partial charge >= 0.3 is 0 Å². The first-order valence-electron chi connectivity index (χ1n) is 7.99. The van der Waals surface area contributed by atoms with Crippen molar-refractivity contribution in [1.82, 2.24) is 9.80 Å².